The van der Waals surface area contributed by atoms with Crippen LogP contribution in [0.1, 0.15) is 38.8 Å². The van der Waals surface area contributed by atoms with Gasteiger partial charge in [0.2, 0.25) is 6.49 Å². The van der Waals surface area contributed by atoms with Crippen molar-refractivity contribution in [2.75, 3.05) is 33.2 Å². The highest BCUT2D eigenvalue weighted by Crippen LogP contribution is 2.55. The Morgan fingerprint density at radius 2 is 1.09 bits per heavy atom. The van der Waals surface area contributed by atoms with Gasteiger partial charge in [0.1, 0.15) is 33.4 Å². The van der Waals surface area contributed by atoms with E-state index in [4.69, 9.17) is 75.6 Å². The molecule has 0 spiro atoms. The first-order chi connectivity index (χ1) is 24.4. The lowest BCUT2D eigenvalue weighted by molar-refractivity contribution is -0.153. The maximum absolute atomic E-state index is 12.5. The predicted molar refractivity (Wildman–Crippen MR) is 202 cm³/mol. The van der Waals surface area contributed by atoms with E-state index in [9.17, 15) is 52.8 Å². The SMILES string of the molecule is CC1(C)OS(=O)(=O)C(c2ccc(Cl)c(Cl)c2)=C1O.CC1(C)OS(=O)(=O)C(c2ccc(Cl)c(Cl)c2)=C1OP(C)(=S)OCC(F)(F)F.CP(C)(=O)OCC(F)(F)F. The minimum Gasteiger partial charge on any atom is -0.508 e. The molecular formula is C29H32Cl4F6O11P2S3. The van der Waals surface area contributed by atoms with Crippen molar-refractivity contribution < 1.29 is 74.8 Å². The summed E-state index contributed by atoms with van der Waals surface area (Å²) in [7, 11) is -11.3. The molecular weight excluding hydrogens is 938 g/mol. The van der Waals surface area contributed by atoms with Gasteiger partial charge in [-0.3, -0.25) is 12.9 Å². The zero-order chi connectivity index (χ0) is 43.0. The average Bonchev–Trinajstić information content (AvgIpc) is 3.26. The molecule has 2 aromatic carbocycles. The largest absolute Gasteiger partial charge is 0.508 e. The van der Waals surface area contributed by atoms with Crippen molar-refractivity contribution >= 4 is 102 Å². The molecule has 2 aliphatic heterocycles. The van der Waals surface area contributed by atoms with Crippen molar-refractivity contribution in [3.05, 3.63) is 79.1 Å². The summed E-state index contributed by atoms with van der Waals surface area (Å²) in [5, 5.41) is 10.7. The van der Waals surface area contributed by atoms with Gasteiger partial charge in [-0.15, -0.1) is 0 Å². The molecule has 0 saturated heterocycles. The Morgan fingerprint density at radius 1 is 0.709 bits per heavy atom. The zero-order valence-corrected chi connectivity index (χ0v) is 36.6. The third-order valence-electron chi connectivity index (χ3n) is 6.30. The van der Waals surface area contributed by atoms with Gasteiger partial charge in [0.15, 0.2) is 19.7 Å². The van der Waals surface area contributed by atoms with Gasteiger partial charge in [-0.05, 0) is 63.8 Å². The van der Waals surface area contributed by atoms with Crippen molar-refractivity contribution in [1.82, 2.24) is 0 Å². The van der Waals surface area contributed by atoms with Gasteiger partial charge in [0.25, 0.3) is 0 Å². The van der Waals surface area contributed by atoms with E-state index in [1.54, 1.807) is 0 Å². The lowest BCUT2D eigenvalue weighted by Crippen LogP contribution is -2.24. The van der Waals surface area contributed by atoms with Crippen molar-refractivity contribution in [3.63, 3.8) is 0 Å². The van der Waals surface area contributed by atoms with Crippen LogP contribution < -0.4 is 0 Å². The third kappa shape index (κ3) is 14.9. The van der Waals surface area contributed by atoms with Crippen molar-refractivity contribution in [2.24, 2.45) is 0 Å². The molecule has 0 fully saturated rings. The average molecular weight is 971 g/mol. The predicted octanol–water partition coefficient (Wildman–Crippen LogP) is 10.8. The number of benzene rings is 2. The number of aliphatic hydroxyl groups is 1. The normalized spacial score (nSPS) is 19.9. The second-order valence-corrected chi connectivity index (χ2v) is 23.9. The van der Waals surface area contributed by atoms with Crippen molar-refractivity contribution in [2.45, 2.75) is 51.2 Å². The minimum absolute atomic E-state index is 0.0742. The molecule has 1 unspecified atom stereocenters. The van der Waals surface area contributed by atoms with Gasteiger partial charge < -0.3 is 18.7 Å². The zero-order valence-electron chi connectivity index (χ0n) is 29.3. The molecule has 2 aliphatic rings. The molecule has 2 heterocycles. The first-order valence-electron chi connectivity index (χ1n) is 14.6. The van der Waals surface area contributed by atoms with E-state index in [1.165, 1.54) is 64.1 Å². The van der Waals surface area contributed by atoms with E-state index >= 15 is 0 Å². The lowest BCUT2D eigenvalue weighted by atomic mass is 10.0. The van der Waals surface area contributed by atoms with Gasteiger partial charge in [0, 0.05) is 31.1 Å². The fourth-order valence-electron chi connectivity index (χ4n) is 4.08. The summed E-state index contributed by atoms with van der Waals surface area (Å²) >= 11 is 28.4. The Bertz CT molecular complexity index is 2170. The second kappa shape index (κ2) is 17.6. The molecule has 26 heteroatoms. The molecule has 0 aliphatic carbocycles. The van der Waals surface area contributed by atoms with Crippen LogP contribution in [0.2, 0.25) is 20.1 Å². The van der Waals surface area contributed by atoms with Gasteiger partial charge in [-0.2, -0.15) is 43.2 Å². The molecule has 0 radical (unpaired) electrons. The van der Waals surface area contributed by atoms with Crippen molar-refractivity contribution in [1.29, 1.82) is 0 Å². The fourth-order valence-corrected chi connectivity index (χ4v) is 9.90. The quantitative estimate of drug-likeness (QED) is 0.152. The summed E-state index contributed by atoms with van der Waals surface area (Å²) in [6.45, 7) is 2.56. The summed E-state index contributed by atoms with van der Waals surface area (Å²) in [5.74, 6) is -0.602. The molecule has 0 saturated carbocycles. The molecule has 2 aromatic rings. The number of hydrogen-bond donors (Lipinski definition) is 1. The molecule has 0 amide bonds. The molecule has 1 N–H and O–H groups in total. The first-order valence-corrected chi connectivity index (χ1v) is 24.6. The highest BCUT2D eigenvalue weighted by atomic mass is 35.5. The van der Waals surface area contributed by atoms with Gasteiger partial charge in [-0.25, -0.2) is 0 Å². The van der Waals surface area contributed by atoms with Crippen molar-refractivity contribution in [3.8, 4) is 0 Å². The van der Waals surface area contributed by atoms with E-state index in [0.29, 0.717) is 5.02 Å². The second-order valence-electron chi connectivity index (χ2n) is 12.6. The van der Waals surface area contributed by atoms with Crippen LogP contribution in [-0.2, 0) is 58.5 Å². The summed E-state index contributed by atoms with van der Waals surface area (Å²) in [6, 6.07) is 8.30. The van der Waals surface area contributed by atoms with Gasteiger partial charge in [-0.1, -0.05) is 58.5 Å². The van der Waals surface area contributed by atoms with E-state index in [-0.39, 0.29) is 42.6 Å². The monoisotopic (exact) mass is 968 g/mol. The lowest BCUT2D eigenvalue weighted by Gasteiger charge is -2.26. The van der Waals surface area contributed by atoms with Crippen LogP contribution in [0.3, 0.4) is 0 Å². The van der Waals surface area contributed by atoms with Gasteiger partial charge in [0.05, 0.1) is 20.1 Å². The highest BCUT2D eigenvalue weighted by Gasteiger charge is 2.49. The minimum atomic E-state index is -4.61. The summed E-state index contributed by atoms with van der Waals surface area (Å²) < 4.78 is 155. The third-order valence-corrected chi connectivity index (χ3v) is 13.3. The molecule has 0 bridgehead atoms. The van der Waals surface area contributed by atoms with Crippen LogP contribution in [-0.4, -0.2) is 78.7 Å². The van der Waals surface area contributed by atoms with Crippen LogP contribution in [0.5, 0.6) is 0 Å². The van der Waals surface area contributed by atoms with E-state index in [0.717, 1.165) is 20.0 Å². The van der Waals surface area contributed by atoms with Gasteiger partial charge >= 0.3 is 32.6 Å². The number of rotatable bonds is 8. The number of hydrogen-bond acceptors (Lipinski definition) is 12. The summed E-state index contributed by atoms with van der Waals surface area (Å²) in [6.07, 6.45) is -9.00. The number of alkyl halides is 6. The molecule has 0 aromatic heterocycles. The smallest absolute Gasteiger partial charge is 0.412 e. The first kappa shape index (κ1) is 50.0. The van der Waals surface area contributed by atoms with E-state index in [1.807, 2.05) is 0 Å². The summed E-state index contributed by atoms with van der Waals surface area (Å²) in [5.41, 5.74) is -2.45. The Morgan fingerprint density at radius 3 is 1.44 bits per heavy atom. The molecule has 11 nitrogen and oxygen atoms in total. The maximum atomic E-state index is 12.5. The Kier molecular flexibility index (Phi) is 16.0. The van der Waals surface area contributed by atoms with Crippen LogP contribution in [0.15, 0.2) is 47.9 Å². The molecule has 312 valence electrons. The Hall–Kier alpha value is -1.12. The molecule has 1 atom stereocenters. The fraction of sp³-hybridized carbons (Fsp3) is 0.448. The molecule has 55 heavy (non-hydrogen) atoms. The highest BCUT2D eigenvalue weighted by molar-refractivity contribution is 8.09. The number of aliphatic hydroxyl groups excluding tert-OH is 1. The van der Waals surface area contributed by atoms with Crippen LogP contribution in [0.4, 0.5) is 26.3 Å². The van der Waals surface area contributed by atoms with Crippen LogP contribution in [0.25, 0.3) is 9.81 Å². The Balaban J connectivity index is 0.000000320. The maximum Gasteiger partial charge on any atom is 0.412 e. The molecule has 4 rings (SSSR count). The topological polar surface area (TPSA) is 152 Å². The van der Waals surface area contributed by atoms with E-state index in [2.05, 4.69) is 4.52 Å². The van der Waals surface area contributed by atoms with Crippen LogP contribution >= 0.6 is 60.3 Å². The van der Waals surface area contributed by atoms with Crippen LogP contribution in [0, 0.1) is 0 Å². The standard InChI is InChI=1S/C14H14Cl2F3O5PS2.C11H10Cl2O4S.C4H8F3O2P/c1-13(2)12(23-25(3,26)22-7-14(17,18)19)11(27(20,21)24-13)8-4-5-9(15)10(16)6-8;1-11(2)10(14)9(18(15,16)17-11)6-3-4-7(12)8(13)5-6;1-10(2,8)9-3-4(5,6)7/h4-6H,7H2,1-3H3;3-5,14H,1-2H3;3H2,1-2H3. The summed E-state index contributed by atoms with van der Waals surface area (Å²) in [4.78, 5) is -0.663. The Labute approximate surface area is 338 Å². The van der Waals surface area contributed by atoms with E-state index < -0.39 is 75.8 Å². The number of halogens is 10.